The highest BCUT2D eigenvalue weighted by Gasteiger charge is 2.35. The molecule has 1 aliphatic rings. The highest BCUT2D eigenvalue weighted by molar-refractivity contribution is 7.89. The van der Waals surface area contributed by atoms with Crippen LogP contribution >= 0.6 is 11.6 Å². The molecule has 4 nitrogen and oxygen atoms in total. The van der Waals surface area contributed by atoms with E-state index in [-0.39, 0.29) is 10.3 Å². The van der Waals surface area contributed by atoms with E-state index in [1.807, 2.05) is 18.2 Å². The number of ether oxygens (including phenoxy) is 1. The van der Waals surface area contributed by atoms with Crippen LogP contribution in [-0.2, 0) is 20.2 Å². The van der Waals surface area contributed by atoms with E-state index in [1.54, 1.807) is 12.1 Å². The molecule has 1 fully saturated rings. The van der Waals surface area contributed by atoms with Crippen LogP contribution in [0.1, 0.15) is 18.4 Å². The molecular formula is C18H20ClNO3S. The van der Waals surface area contributed by atoms with Crippen molar-refractivity contribution in [2.75, 3.05) is 19.8 Å². The molecule has 0 aliphatic carbocycles. The minimum Gasteiger partial charge on any atom is -0.381 e. The van der Waals surface area contributed by atoms with Gasteiger partial charge in [-0.05, 0) is 42.7 Å². The van der Waals surface area contributed by atoms with E-state index < -0.39 is 10.0 Å². The Bertz CT molecular complexity index is 770. The average molecular weight is 366 g/mol. The topological polar surface area (TPSA) is 55.4 Å². The first-order valence-corrected chi connectivity index (χ1v) is 9.77. The maximum Gasteiger partial charge on any atom is 0.240 e. The van der Waals surface area contributed by atoms with Gasteiger partial charge in [-0.3, -0.25) is 0 Å². The van der Waals surface area contributed by atoms with Crippen LogP contribution in [-0.4, -0.2) is 28.2 Å². The molecule has 1 saturated heterocycles. The summed E-state index contributed by atoms with van der Waals surface area (Å²) >= 11 is 5.83. The Kier molecular flexibility index (Phi) is 5.25. The molecule has 1 aliphatic heterocycles. The minimum atomic E-state index is -3.57. The number of benzene rings is 2. The number of halogens is 1. The first-order valence-electron chi connectivity index (χ1n) is 7.90. The van der Waals surface area contributed by atoms with Crippen LogP contribution in [0.2, 0.25) is 5.02 Å². The van der Waals surface area contributed by atoms with Crippen molar-refractivity contribution in [2.45, 2.75) is 23.2 Å². The van der Waals surface area contributed by atoms with Gasteiger partial charge < -0.3 is 4.74 Å². The van der Waals surface area contributed by atoms with Crippen molar-refractivity contribution in [3.63, 3.8) is 0 Å². The van der Waals surface area contributed by atoms with Crippen molar-refractivity contribution >= 4 is 21.6 Å². The van der Waals surface area contributed by atoms with Gasteiger partial charge in [-0.2, -0.15) is 0 Å². The standard InChI is InChI=1S/C18H20ClNO3S/c19-16-6-8-17(9-7-16)24(21,22)20-14-18(10-12-23-13-11-18)15-4-2-1-3-5-15/h1-9,20H,10-14H2. The minimum absolute atomic E-state index is 0.224. The van der Waals surface area contributed by atoms with Crippen molar-refractivity contribution in [2.24, 2.45) is 0 Å². The second-order valence-electron chi connectivity index (χ2n) is 6.04. The van der Waals surface area contributed by atoms with Crippen molar-refractivity contribution in [3.8, 4) is 0 Å². The van der Waals surface area contributed by atoms with Gasteiger partial charge in [0.15, 0.2) is 0 Å². The second-order valence-corrected chi connectivity index (χ2v) is 8.24. The monoisotopic (exact) mass is 365 g/mol. The van der Waals surface area contributed by atoms with Crippen molar-refractivity contribution in [3.05, 3.63) is 65.2 Å². The summed E-state index contributed by atoms with van der Waals surface area (Å²) in [7, 11) is -3.57. The van der Waals surface area contributed by atoms with E-state index in [1.165, 1.54) is 12.1 Å². The van der Waals surface area contributed by atoms with Crippen LogP contribution in [0.3, 0.4) is 0 Å². The number of sulfonamides is 1. The first kappa shape index (κ1) is 17.4. The van der Waals surface area contributed by atoms with Gasteiger partial charge >= 0.3 is 0 Å². The predicted molar refractivity (Wildman–Crippen MR) is 94.8 cm³/mol. The molecule has 2 aromatic carbocycles. The number of nitrogens with one attached hydrogen (secondary N) is 1. The summed E-state index contributed by atoms with van der Waals surface area (Å²) in [5.74, 6) is 0. The molecule has 0 saturated carbocycles. The quantitative estimate of drug-likeness (QED) is 0.883. The van der Waals surface area contributed by atoms with Gasteiger partial charge in [-0.1, -0.05) is 41.9 Å². The van der Waals surface area contributed by atoms with Crippen LogP contribution < -0.4 is 4.72 Å². The zero-order valence-corrected chi connectivity index (χ0v) is 14.8. The van der Waals surface area contributed by atoms with Crippen LogP contribution in [0.15, 0.2) is 59.5 Å². The maximum atomic E-state index is 12.6. The molecule has 0 atom stereocenters. The summed E-state index contributed by atoms with van der Waals surface area (Å²) in [5, 5.41) is 0.513. The van der Waals surface area contributed by atoms with E-state index >= 15 is 0 Å². The van der Waals surface area contributed by atoms with E-state index in [0.717, 1.165) is 18.4 Å². The summed E-state index contributed by atoms with van der Waals surface area (Å²) in [6.45, 7) is 1.63. The molecule has 6 heteroatoms. The van der Waals surface area contributed by atoms with E-state index in [2.05, 4.69) is 16.9 Å². The molecule has 0 amide bonds. The van der Waals surface area contributed by atoms with Crippen LogP contribution in [0.4, 0.5) is 0 Å². The molecule has 128 valence electrons. The van der Waals surface area contributed by atoms with Crippen molar-refractivity contribution in [1.82, 2.24) is 4.72 Å². The van der Waals surface area contributed by atoms with Gasteiger partial charge in [0.05, 0.1) is 4.90 Å². The molecule has 1 heterocycles. The molecule has 0 unspecified atom stereocenters. The zero-order chi connectivity index (χ0) is 17.0. The summed E-state index contributed by atoms with van der Waals surface area (Å²) in [5.41, 5.74) is 0.908. The summed E-state index contributed by atoms with van der Waals surface area (Å²) in [6.07, 6.45) is 1.58. The third kappa shape index (κ3) is 3.81. The van der Waals surface area contributed by atoms with Crippen LogP contribution in [0.5, 0.6) is 0 Å². The second kappa shape index (κ2) is 7.23. The summed E-state index contributed by atoms with van der Waals surface area (Å²) in [6, 6.07) is 16.3. The summed E-state index contributed by atoms with van der Waals surface area (Å²) in [4.78, 5) is 0.224. The molecule has 24 heavy (non-hydrogen) atoms. The third-order valence-electron chi connectivity index (χ3n) is 4.56. The molecule has 0 radical (unpaired) electrons. The lowest BCUT2D eigenvalue weighted by Gasteiger charge is -2.37. The smallest absolute Gasteiger partial charge is 0.240 e. The van der Waals surface area contributed by atoms with Gasteiger partial charge in [0.25, 0.3) is 0 Å². The summed E-state index contributed by atoms with van der Waals surface area (Å²) < 4.78 is 33.4. The molecule has 2 aromatic rings. The molecular weight excluding hydrogens is 346 g/mol. The highest BCUT2D eigenvalue weighted by atomic mass is 35.5. The van der Waals surface area contributed by atoms with Crippen molar-refractivity contribution < 1.29 is 13.2 Å². The number of hydrogen-bond acceptors (Lipinski definition) is 3. The lowest BCUT2D eigenvalue weighted by molar-refractivity contribution is 0.0517. The van der Waals surface area contributed by atoms with Crippen LogP contribution in [0, 0.1) is 0 Å². The Morgan fingerprint density at radius 2 is 1.62 bits per heavy atom. The van der Waals surface area contributed by atoms with E-state index in [9.17, 15) is 8.42 Å². The Labute approximate surface area is 147 Å². The number of hydrogen-bond donors (Lipinski definition) is 1. The zero-order valence-electron chi connectivity index (χ0n) is 13.2. The van der Waals surface area contributed by atoms with Gasteiger partial charge in [0.2, 0.25) is 10.0 Å². The fourth-order valence-corrected chi connectivity index (χ4v) is 4.30. The largest absolute Gasteiger partial charge is 0.381 e. The molecule has 3 rings (SSSR count). The molecule has 1 N–H and O–H groups in total. The predicted octanol–water partition coefficient (Wildman–Crippen LogP) is 3.37. The van der Waals surface area contributed by atoms with E-state index in [4.69, 9.17) is 16.3 Å². The lowest BCUT2D eigenvalue weighted by Crippen LogP contribution is -2.44. The lowest BCUT2D eigenvalue weighted by atomic mass is 9.74. The van der Waals surface area contributed by atoms with Gasteiger partial charge in [-0.15, -0.1) is 0 Å². The molecule has 0 bridgehead atoms. The fraction of sp³-hybridized carbons (Fsp3) is 0.333. The molecule has 0 aromatic heterocycles. The van der Waals surface area contributed by atoms with Crippen molar-refractivity contribution in [1.29, 1.82) is 0 Å². The van der Waals surface area contributed by atoms with Crippen LogP contribution in [0.25, 0.3) is 0 Å². The van der Waals surface area contributed by atoms with Gasteiger partial charge in [-0.25, -0.2) is 13.1 Å². The Hall–Kier alpha value is -1.40. The Morgan fingerprint density at radius 1 is 1.00 bits per heavy atom. The highest BCUT2D eigenvalue weighted by Crippen LogP contribution is 2.34. The first-order chi connectivity index (χ1) is 11.5. The average Bonchev–Trinajstić information content (AvgIpc) is 2.62. The van der Waals surface area contributed by atoms with E-state index in [0.29, 0.717) is 24.8 Å². The Morgan fingerprint density at radius 3 is 2.25 bits per heavy atom. The van der Waals surface area contributed by atoms with Gasteiger partial charge in [0.1, 0.15) is 0 Å². The SMILES string of the molecule is O=S(=O)(NCC1(c2ccccc2)CCOCC1)c1ccc(Cl)cc1. The van der Waals surface area contributed by atoms with Gasteiger partial charge in [0, 0.05) is 30.2 Å². The molecule has 0 spiro atoms. The fourth-order valence-electron chi connectivity index (χ4n) is 3.05. The third-order valence-corrected chi connectivity index (χ3v) is 6.23. The number of rotatable bonds is 5. The normalized spacial score (nSPS) is 17.5. The maximum absolute atomic E-state index is 12.6. The Balaban J connectivity index is 1.82.